The van der Waals surface area contributed by atoms with Crippen molar-refractivity contribution in [1.29, 1.82) is 0 Å². The van der Waals surface area contributed by atoms with Crippen LogP contribution in [-0.4, -0.2) is 73.5 Å². The van der Waals surface area contributed by atoms with Crippen LogP contribution in [0.3, 0.4) is 0 Å². The van der Waals surface area contributed by atoms with Gasteiger partial charge in [-0.2, -0.15) is 10.1 Å². The lowest BCUT2D eigenvalue weighted by Gasteiger charge is -2.23. The minimum absolute atomic E-state index is 0.00407. The number of aromatic nitrogens is 6. The molecule has 0 radical (unpaired) electrons. The third kappa shape index (κ3) is 6.09. The van der Waals surface area contributed by atoms with Crippen LogP contribution in [0, 0.1) is 5.92 Å². The van der Waals surface area contributed by atoms with Crippen LogP contribution in [0.2, 0.25) is 0 Å². The Morgan fingerprint density at radius 2 is 1.93 bits per heavy atom. The van der Waals surface area contributed by atoms with Crippen LogP contribution in [0.25, 0.3) is 11.2 Å². The summed E-state index contributed by atoms with van der Waals surface area (Å²) >= 11 is 0. The fraction of sp³-hybridized carbons (Fsp3) is 0.500. The van der Waals surface area contributed by atoms with Gasteiger partial charge in [-0.3, -0.25) is 14.4 Å². The number of methoxy groups -OCH3 is 1. The normalized spacial score (nSPS) is 17.6. The Labute approximate surface area is 245 Å². The summed E-state index contributed by atoms with van der Waals surface area (Å²) < 4.78 is 15.5. The molecular formula is C30H39N9O3. The zero-order chi connectivity index (χ0) is 29.4. The number of aryl methyl sites for hydroxylation is 1. The second-order valence-electron chi connectivity index (χ2n) is 12.2. The Bertz CT molecular complexity index is 1580. The Morgan fingerprint density at radius 1 is 1.10 bits per heavy atom. The van der Waals surface area contributed by atoms with Gasteiger partial charge in [0.15, 0.2) is 11.5 Å². The molecule has 0 aromatic carbocycles. The Hall–Kier alpha value is -4.03. The van der Waals surface area contributed by atoms with Crippen LogP contribution in [0.5, 0.6) is 11.5 Å². The number of hydrogen-bond donors (Lipinski definition) is 2. The molecule has 6 rings (SSSR count). The van der Waals surface area contributed by atoms with E-state index in [2.05, 4.69) is 57.0 Å². The molecule has 1 saturated heterocycles. The number of likely N-dealkylation sites (tertiary alicyclic amines) is 1. The zero-order valence-corrected chi connectivity index (χ0v) is 24.9. The largest absolute Gasteiger partial charge is 0.455 e. The van der Waals surface area contributed by atoms with Gasteiger partial charge >= 0.3 is 0 Å². The third-order valence-corrected chi connectivity index (χ3v) is 7.83. The van der Waals surface area contributed by atoms with Gasteiger partial charge in [-0.25, -0.2) is 9.97 Å². The van der Waals surface area contributed by atoms with Gasteiger partial charge in [-0.1, -0.05) is 20.8 Å². The highest BCUT2D eigenvalue weighted by atomic mass is 16.5. The predicted molar refractivity (Wildman–Crippen MR) is 160 cm³/mol. The average Bonchev–Trinajstić information content (AvgIpc) is 3.42. The minimum Gasteiger partial charge on any atom is -0.455 e. The standard InChI is InChI=1S/C30H39N9O3/c1-30(2,3)24-16-26(36-39(24)20-9-11-38(18-20)12-13-41-5)34-29-35-27-23(37(29)4)14-22(17-32-27)42-21-8-10-31-25(15-21)33-28(40)19-6-7-19/h8,10,14-17,19-20H,6-7,9,11-13,18H2,1-5H3,(H,31,33,40)(H,32,34,35,36). The number of rotatable bonds is 10. The van der Waals surface area contributed by atoms with Gasteiger partial charge in [-0.05, 0) is 25.3 Å². The maximum Gasteiger partial charge on any atom is 0.228 e. The van der Waals surface area contributed by atoms with Crippen molar-refractivity contribution in [2.24, 2.45) is 13.0 Å². The second-order valence-corrected chi connectivity index (χ2v) is 12.2. The molecule has 4 aromatic heterocycles. The third-order valence-electron chi connectivity index (χ3n) is 7.83. The molecule has 4 aromatic rings. The lowest BCUT2D eigenvalue weighted by Crippen LogP contribution is -2.27. The first-order chi connectivity index (χ1) is 20.2. The molecule has 1 aliphatic carbocycles. The van der Waals surface area contributed by atoms with Crippen molar-refractivity contribution in [2.75, 3.05) is 44.0 Å². The summed E-state index contributed by atoms with van der Waals surface area (Å²) in [6, 6.07) is 7.80. The van der Waals surface area contributed by atoms with Crippen molar-refractivity contribution in [2.45, 2.75) is 51.5 Å². The van der Waals surface area contributed by atoms with Gasteiger partial charge in [0, 0.05) is 75.2 Å². The molecule has 2 fully saturated rings. The number of fused-ring (bicyclic) bond motifs is 1. The first-order valence-electron chi connectivity index (χ1n) is 14.5. The van der Waals surface area contributed by atoms with E-state index in [0.717, 1.165) is 56.8 Å². The molecule has 5 heterocycles. The molecule has 2 aliphatic rings. The fourth-order valence-corrected chi connectivity index (χ4v) is 5.31. The van der Waals surface area contributed by atoms with Crippen LogP contribution in [0.4, 0.5) is 17.6 Å². The lowest BCUT2D eigenvalue weighted by molar-refractivity contribution is -0.117. The van der Waals surface area contributed by atoms with E-state index < -0.39 is 0 Å². The fourth-order valence-electron chi connectivity index (χ4n) is 5.31. The van der Waals surface area contributed by atoms with E-state index in [0.29, 0.717) is 35.0 Å². The van der Waals surface area contributed by atoms with Crippen molar-refractivity contribution in [1.82, 2.24) is 34.2 Å². The van der Waals surface area contributed by atoms with E-state index in [1.807, 2.05) is 17.7 Å². The molecule has 42 heavy (non-hydrogen) atoms. The first kappa shape index (κ1) is 28.1. The molecule has 12 nitrogen and oxygen atoms in total. The minimum atomic E-state index is -0.0689. The highest BCUT2D eigenvalue weighted by Gasteiger charge is 2.31. The number of nitrogens with zero attached hydrogens (tertiary/aromatic N) is 7. The summed E-state index contributed by atoms with van der Waals surface area (Å²) in [6.45, 7) is 10.3. The SMILES string of the molecule is COCCN1CCC(n2nc(Nc3nc4ncc(Oc5ccnc(NC(=O)C6CC6)c5)cc4n3C)cc2C(C)(C)C)C1. The Morgan fingerprint density at radius 3 is 2.69 bits per heavy atom. The maximum absolute atomic E-state index is 12.1. The van der Waals surface area contributed by atoms with Gasteiger partial charge in [0.1, 0.15) is 17.3 Å². The van der Waals surface area contributed by atoms with Crippen molar-refractivity contribution >= 4 is 34.7 Å². The van der Waals surface area contributed by atoms with Crippen LogP contribution < -0.4 is 15.4 Å². The maximum atomic E-state index is 12.1. The van der Waals surface area contributed by atoms with Gasteiger partial charge in [-0.15, -0.1) is 0 Å². The first-order valence-corrected chi connectivity index (χ1v) is 14.5. The van der Waals surface area contributed by atoms with E-state index in [9.17, 15) is 4.79 Å². The van der Waals surface area contributed by atoms with Crippen LogP contribution in [0.1, 0.15) is 51.8 Å². The van der Waals surface area contributed by atoms with E-state index in [-0.39, 0.29) is 17.2 Å². The van der Waals surface area contributed by atoms with Crippen LogP contribution in [0.15, 0.2) is 36.7 Å². The number of carbonyl (C=O) groups is 1. The molecule has 1 atom stereocenters. The molecule has 12 heteroatoms. The van der Waals surface area contributed by atoms with E-state index >= 15 is 0 Å². The van der Waals surface area contributed by atoms with Crippen molar-refractivity contribution in [3.63, 3.8) is 0 Å². The van der Waals surface area contributed by atoms with E-state index in [4.69, 9.17) is 19.6 Å². The number of hydrogen-bond acceptors (Lipinski definition) is 9. The topological polar surface area (TPSA) is 124 Å². The monoisotopic (exact) mass is 573 g/mol. The quantitative estimate of drug-likeness (QED) is 0.279. The van der Waals surface area contributed by atoms with Crippen molar-refractivity contribution in [3.8, 4) is 11.5 Å². The lowest BCUT2D eigenvalue weighted by atomic mass is 9.91. The van der Waals surface area contributed by atoms with Crippen LogP contribution in [-0.2, 0) is 22.0 Å². The number of ether oxygens (including phenoxy) is 2. The van der Waals surface area contributed by atoms with Crippen molar-refractivity contribution < 1.29 is 14.3 Å². The number of imidazole rings is 1. The number of anilines is 3. The Balaban J connectivity index is 1.20. The van der Waals surface area contributed by atoms with Gasteiger partial charge in [0.2, 0.25) is 11.9 Å². The summed E-state index contributed by atoms with van der Waals surface area (Å²) in [5.41, 5.74) is 2.52. The smallest absolute Gasteiger partial charge is 0.228 e. The molecule has 0 bridgehead atoms. The van der Waals surface area contributed by atoms with E-state index in [1.54, 1.807) is 31.6 Å². The van der Waals surface area contributed by atoms with E-state index in [1.165, 1.54) is 5.69 Å². The highest BCUT2D eigenvalue weighted by Crippen LogP contribution is 2.33. The van der Waals surface area contributed by atoms with Crippen molar-refractivity contribution in [3.05, 3.63) is 42.4 Å². The summed E-state index contributed by atoms with van der Waals surface area (Å²) in [7, 11) is 3.68. The summed E-state index contributed by atoms with van der Waals surface area (Å²) in [4.78, 5) is 28.0. The number of amides is 1. The molecule has 0 spiro atoms. The predicted octanol–water partition coefficient (Wildman–Crippen LogP) is 4.63. The zero-order valence-electron chi connectivity index (χ0n) is 24.9. The molecule has 1 unspecified atom stereocenters. The van der Waals surface area contributed by atoms with Gasteiger partial charge in [0.25, 0.3) is 0 Å². The Kier molecular flexibility index (Phi) is 7.58. The highest BCUT2D eigenvalue weighted by molar-refractivity contribution is 5.93. The number of nitrogens with one attached hydrogen (secondary N) is 2. The number of pyridine rings is 2. The average molecular weight is 574 g/mol. The molecule has 222 valence electrons. The molecule has 2 N–H and O–H groups in total. The van der Waals surface area contributed by atoms with Crippen LogP contribution >= 0.6 is 0 Å². The molecule has 1 saturated carbocycles. The van der Waals surface area contributed by atoms with Gasteiger partial charge < -0.3 is 24.7 Å². The molecular weight excluding hydrogens is 534 g/mol. The summed E-state index contributed by atoms with van der Waals surface area (Å²) in [6.07, 6.45) is 6.18. The number of carbonyl (C=O) groups excluding carboxylic acids is 1. The summed E-state index contributed by atoms with van der Waals surface area (Å²) in [5.74, 6) is 3.09. The van der Waals surface area contributed by atoms with Gasteiger partial charge in [0.05, 0.1) is 24.4 Å². The molecule has 1 aliphatic heterocycles. The summed E-state index contributed by atoms with van der Waals surface area (Å²) in [5, 5.41) is 11.3. The molecule has 1 amide bonds. The second kappa shape index (κ2) is 11.3.